The molecule has 2 aromatic rings. The molecule has 0 spiro atoms. The van der Waals surface area contributed by atoms with Crippen molar-refractivity contribution >= 4 is 23.1 Å². The molecule has 0 aliphatic heterocycles. The largest absolute Gasteiger partial charge is 0.378 e. The van der Waals surface area contributed by atoms with Gasteiger partial charge in [-0.05, 0) is 43.3 Å². The predicted octanol–water partition coefficient (Wildman–Crippen LogP) is 2.68. The van der Waals surface area contributed by atoms with E-state index in [1.54, 1.807) is 19.1 Å². The minimum atomic E-state index is -0.538. The lowest BCUT2D eigenvalue weighted by atomic mass is 10.1. The van der Waals surface area contributed by atoms with E-state index in [0.717, 1.165) is 5.69 Å². The van der Waals surface area contributed by atoms with Crippen LogP contribution in [0.2, 0.25) is 0 Å². The first kappa shape index (κ1) is 19.6. The Balaban J connectivity index is 1.95. The molecule has 1 amide bonds. The summed E-state index contributed by atoms with van der Waals surface area (Å²) in [5.41, 5.74) is 7.22. The van der Waals surface area contributed by atoms with Gasteiger partial charge < -0.3 is 10.3 Å². The van der Waals surface area contributed by atoms with Crippen LogP contribution in [-0.2, 0) is 0 Å². The highest BCUT2D eigenvalue weighted by molar-refractivity contribution is 6.05. The molecule has 0 saturated carbocycles. The fourth-order valence-corrected chi connectivity index (χ4v) is 2.20. The molecule has 0 aromatic heterocycles. The molecule has 0 bridgehead atoms. The fraction of sp³-hybridized carbons (Fsp3) is 0.158. The molecule has 27 heavy (non-hydrogen) atoms. The van der Waals surface area contributed by atoms with Crippen LogP contribution < -0.4 is 15.8 Å². The minimum absolute atomic E-state index is 0.0959. The van der Waals surface area contributed by atoms with Crippen LogP contribution in [-0.4, -0.2) is 30.7 Å². The van der Waals surface area contributed by atoms with Gasteiger partial charge in [-0.2, -0.15) is 0 Å². The number of nitrogens with zero attached hydrogens (tertiary/aromatic N) is 2. The Bertz CT molecular complexity index is 872. The average molecular weight is 368 g/mol. The minimum Gasteiger partial charge on any atom is -0.378 e. The van der Waals surface area contributed by atoms with E-state index in [0.29, 0.717) is 11.3 Å². The maximum absolute atomic E-state index is 12.2. The quantitative estimate of drug-likeness (QED) is 0.337. The van der Waals surface area contributed by atoms with Gasteiger partial charge in [0.15, 0.2) is 5.78 Å². The van der Waals surface area contributed by atoms with Gasteiger partial charge in [-0.15, -0.1) is 0 Å². The van der Waals surface area contributed by atoms with Crippen LogP contribution >= 0.6 is 0 Å². The molecule has 2 rings (SSSR count). The second kappa shape index (κ2) is 8.61. The molecule has 0 saturated heterocycles. The van der Waals surface area contributed by atoms with E-state index in [-0.39, 0.29) is 17.0 Å². The first-order valence-corrected chi connectivity index (χ1v) is 8.09. The van der Waals surface area contributed by atoms with Crippen molar-refractivity contribution < 1.29 is 14.5 Å². The molecule has 0 aliphatic carbocycles. The number of ketones is 1. The van der Waals surface area contributed by atoms with Gasteiger partial charge in [0.25, 0.3) is 11.6 Å². The molecule has 0 aliphatic rings. The van der Waals surface area contributed by atoms with Crippen LogP contribution in [0, 0.1) is 10.1 Å². The van der Waals surface area contributed by atoms with Crippen molar-refractivity contribution in [1.29, 1.82) is 0 Å². The van der Waals surface area contributed by atoms with E-state index < -0.39 is 10.8 Å². The number of allylic oxidation sites excluding steroid dienone is 2. The number of rotatable bonds is 7. The normalized spacial score (nSPS) is 10.9. The molecular weight excluding hydrogens is 348 g/mol. The summed E-state index contributed by atoms with van der Waals surface area (Å²) in [6.45, 7) is 1.64. The number of benzene rings is 2. The summed E-state index contributed by atoms with van der Waals surface area (Å²) in [4.78, 5) is 36.3. The monoisotopic (exact) mass is 368 g/mol. The maximum Gasteiger partial charge on any atom is 0.269 e. The smallest absolute Gasteiger partial charge is 0.269 e. The van der Waals surface area contributed by atoms with Crippen molar-refractivity contribution in [1.82, 2.24) is 10.9 Å². The number of nitrogens with one attached hydrogen (secondary N) is 2. The molecular formula is C19H20N4O4. The lowest BCUT2D eigenvalue weighted by Gasteiger charge is -2.12. The second-order valence-electron chi connectivity index (χ2n) is 6.02. The van der Waals surface area contributed by atoms with Crippen molar-refractivity contribution in [2.45, 2.75) is 6.92 Å². The molecule has 2 aromatic carbocycles. The second-order valence-corrected chi connectivity index (χ2v) is 6.02. The zero-order valence-electron chi connectivity index (χ0n) is 15.2. The zero-order chi connectivity index (χ0) is 20.0. The van der Waals surface area contributed by atoms with Crippen molar-refractivity contribution in [3.8, 4) is 0 Å². The fourth-order valence-electron chi connectivity index (χ4n) is 2.20. The molecule has 8 heteroatoms. The van der Waals surface area contributed by atoms with E-state index in [1.165, 1.54) is 30.3 Å². The molecule has 2 N–H and O–H groups in total. The topological polar surface area (TPSA) is 105 Å². The van der Waals surface area contributed by atoms with Crippen LogP contribution in [0.3, 0.4) is 0 Å². The molecule has 0 radical (unpaired) electrons. The van der Waals surface area contributed by atoms with Gasteiger partial charge in [0.05, 0.1) is 4.92 Å². The maximum atomic E-state index is 12.2. The first-order chi connectivity index (χ1) is 12.8. The predicted molar refractivity (Wildman–Crippen MR) is 103 cm³/mol. The molecule has 0 heterocycles. The number of hydrogen-bond donors (Lipinski definition) is 2. The third kappa shape index (κ3) is 5.40. The van der Waals surface area contributed by atoms with E-state index >= 15 is 0 Å². The van der Waals surface area contributed by atoms with Crippen molar-refractivity contribution in [2.24, 2.45) is 0 Å². The molecule has 0 unspecified atom stereocenters. The SMILES string of the molecule is C/C(=C/C(=O)c1ccc(N(C)C)cc1)NNC(=O)c1ccc([N+](=O)[O-])cc1. The van der Waals surface area contributed by atoms with Crippen molar-refractivity contribution in [3.63, 3.8) is 0 Å². The van der Waals surface area contributed by atoms with Crippen LogP contribution in [0.4, 0.5) is 11.4 Å². The van der Waals surface area contributed by atoms with Gasteiger partial charge in [0, 0.05) is 54.8 Å². The number of non-ortho nitro benzene ring substituents is 1. The molecule has 0 fully saturated rings. The van der Waals surface area contributed by atoms with Crippen LogP contribution in [0.1, 0.15) is 27.6 Å². The Morgan fingerprint density at radius 1 is 0.963 bits per heavy atom. The Morgan fingerprint density at radius 3 is 2.04 bits per heavy atom. The van der Waals surface area contributed by atoms with Gasteiger partial charge in [-0.3, -0.25) is 25.1 Å². The zero-order valence-corrected chi connectivity index (χ0v) is 15.2. The summed E-state index contributed by atoms with van der Waals surface area (Å²) < 4.78 is 0. The van der Waals surface area contributed by atoms with Gasteiger partial charge in [0.1, 0.15) is 0 Å². The number of carbonyl (C=O) groups excluding carboxylic acids is 2. The van der Waals surface area contributed by atoms with Gasteiger partial charge in [-0.1, -0.05) is 0 Å². The van der Waals surface area contributed by atoms with Gasteiger partial charge in [0.2, 0.25) is 0 Å². The lowest BCUT2D eigenvalue weighted by molar-refractivity contribution is -0.384. The number of nitro benzene ring substituents is 1. The third-order valence-corrected chi connectivity index (χ3v) is 3.73. The van der Waals surface area contributed by atoms with Crippen LogP contribution in [0.5, 0.6) is 0 Å². The highest BCUT2D eigenvalue weighted by atomic mass is 16.6. The lowest BCUT2D eigenvalue weighted by Crippen LogP contribution is -2.36. The number of hydrogen-bond acceptors (Lipinski definition) is 6. The van der Waals surface area contributed by atoms with E-state index in [1.807, 2.05) is 31.1 Å². The highest BCUT2D eigenvalue weighted by Gasteiger charge is 2.09. The summed E-state index contributed by atoms with van der Waals surface area (Å²) in [7, 11) is 3.83. The molecule has 0 atom stereocenters. The summed E-state index contributed by atoms with van der Waals surface area (Å²) in [6.07, 6.45) is 1.38. The van der Waals surface area contributed by atoms with Crippen LogP contribution in [0.15, 0.2) is 60.3 Å². The Hall–Kier alpha value is -3.68. The summed E-state index contributed by atoms with van der Waals surface area (Å²) in [6, 6.07) is 12.4. The average Bonchev–Trinajstić information content (AvgIpc) is 2.66. The van der Waals surface area contributed by atoms with Crippen LogP contribution in [0.25, 0.3) is 0 Å². The Labute approximate surface area is 156 Å². The van der Waals surface area contributed by atoms with Crippen molar-refractivity contribution in [2.75, 3.05) is 19.0 Å². The third-order valence-electron chi connectivity index (χ3n) is 3.73. The van der Waals surface area contributed by atoms with Gasteiger partial charge in [-0.25, -0.2) is 0 Å². The molecule has 140 valence electrons. The summed E-state index contributed by atoms with van der Waals surface area (Å²) >= 11 is 0. The van der Waals surface area contributed by atoms with Gasteiger partial charge >= 0.3 is 0 Å². The van der Waals surface area contributed by atoms with E-state index in [9.17, 15) is 19.7 Å². The number of nitro groups is 1. The Kier molecular flexibility index (Phi) is 6.27. The first-order valence-electron chi connectivity index (χ1n) is 8.09. The number of anilines is 1. The summed E-state index contributed by atoms with van der Waals surface area (Å²) in [5, 5.41) is 10.6. The van der Waals surface area contributed by atoms with E-state index in [2.05, 4.69) is 10.9 Å². The van der Waals surface area contributed by atoms with E-state index in [4.69, 9.17) is 0 Å². The molecule has 8 nitrogen and oxygen atoms in total. The standard InChI is InChI=1S/C19H20N4O4/c1-13(12-18(24)14-4-8-16(9-5-14)22(2)3)20-21-19(25)15-6-10-17(11-7-15)23(26)27/h4-12,20H,1-3H3,(H,21,25)/b13-12-. The number of amides is 1. The highest BCUT2D eigenvalue weighted by Crippen LogP contribution is 2.13. The number of carbonyl (C=O) groups is 2. The number of hydrazine groups is 1. The Morgan fingerprint density at radius 2 is 1.52 bits per heavy atom. The summed E-state index contributed by atoms with van der Waals surface area (Å²) in [5.74, 6) is -0.671. The van der Waals surface area contributed by atoms with Crippen molar-refractivity contribution in [3.05, 3.63) is 81.5 Å².